The van der Waals surface area contributed by atoms with Crippen LogP contribution in [0.3, 0.4) is 0 Å². The van der Waals surface area contributed by atoms with E-state index in [4.69, 9.17) is 4.74 Å². The first-order valence-corrected chi connectivity index (χ1v) is 15.7. The van der Waals surface area contributed by atoms with Gasteiger partial charge in [0, 0.05) is 16.9 Å². The lowest BCUT2D eigenvalue weighted by molar-refractivity contribution is -0.136. The molecule has 0 saturated carbocycles. The van der Waals surface area contributed by atoms with Crippen molar-refractivity contribution in [1.82, 2.24) is 14.8 Å². The summed E-state index contributed by atoms with van der Waals surface area (Å²) in [5, 5.41) is 6.52. The monoisotopic (exact) mass is 712 g/mol. The number of amidine groups is 1. The summed E-state index contributed by atoms with van der Waals surface area (Å²) in [6.45, 7) is 1.47. The molecule has 0 radical (unpaired) electrons. The lowest BCUT2D eigenvalue weighted by Gasteiger charge is -2.20. The fraction of sp³-hybridized carbons (Fsp3) is 0.233. The van der Waals surface area contributed by atoms with Gasteiger partial charge in [0.25, 0.3) is 0 Å². The summed E-state index contributed by atoms with van der Waals surface area (Å²) < 4.78 is 97.4. The molecule has 1 N–H and O–H groups in total. The summed E-state index contributed by atoms with van der Waals surface area (Å²) in [5.74, 6) is -1.15. The van der Waals surface area contributed by atoms with Crippen molar-refractivity contribution in [2.75, 3.05) is 22.6 Å². The van der Waals surface area contributed by atoms with Crippen LogP contribution in [-0.2, 0) is 4.79 Å². The fourth-order valence-electron chi connectivity index (χ4n) is 4.37. The van der Waals surface area contributed by atoms with Gasteiger partial charge in [0.05, 0.1) is 29.4 Å². The van der Waals surface area contributed by atoms with Crippen LogP contribution in [0.2, 0.25) is 0 Å². The zero-order chi connectivity index (χ0) is 34.6. The summed E-state index contributed by atoms with van der Waals surface area (Å²) in [4.78, 5) is 34.8. The number of hydrogen-bond donors (Lipinski definition) is 1. The molecule has 0 spiro atoms. The Labute approximate surface area is 276 Å². The highest BCUT2D eigenvalue weighted by atomic mass is 32.2. The molecule has 3 amide bonds. The SMILES string of the molecule is Cc1ccc(OCCCC(F)(F)F)c(N2C(=O)CSC2=NC(=O)Nc2ccc(-c3ncn(-c4ccc(SC(F)(F)F)cc4)n3)cc2F)c1. The average molecular weight is 713 g/mol. The number of alkyl halides is 6. The van der Waals surface area contributed by atoms with E-state index >= 15 is 4.39 Å². The molecule has 1 aliphatic rings. The maximum Gasteiger partial charge on any atom is 0.446 e. The van der Waals surface area contributed by atoms with Crippen molar-refractivity contribution in [3.05, 3.63) is 78.4 Å². The minimum absolute atomic E-state index is 0.00509. The number of aryl methyl sites for hydroxylation is 1. The van der Waals surface area contributed by atoms with Gasteiger partial charge in [0.15, 0.2) is 11.0 Å². The molecule has 5 rings (SSSR count). The topological polar surface area (TPSA) is 102 Å². The maximum absolute atomic E-state index is 15.1. The zero-order valence-corrected chi connectivity index (χ0v) is 26.2. The molecule has 0 atom stereocenters. The Balaban J connectivity index is 1.27. The van der Waals surface area contributed by atoms with E-state index in [1.54, 1.807) is 19.1 Å². The van der Waals surface area contributed by atoms with Crippen LogP contribution in [0.15, 0.2) is 76.9 Å². The standard InChI is InChI=1S/C30H23F7N6O3S2/c1-17-3-10-24(46-12-2-11-29(32,33)34)23(13-17)43-25(44)15-47-28(43)40-27(45)39-22-9-4-18(14-21(22)31)26-38-16-42(41-26)19-5-7-20(8-6-19)48-30(35,36)37/h3-10,13-14,16H,2,11-12,15H2,1H3,(H,39,45). The molecule has 1 fully saturated rings. The molecule has 1 aromatic heterocycles. The van der Waals surface area contributed by atoms with Gasteiger partial charge in [-0.2, -0.15) is 31.3 Å². The Kier molecular flexibility index (Phi) is 10.3. The van der Waals surface area contributed by atoms with Gasteiger partial charge in [-0.25, -0.2) is 18.9 Å². The Morgan fingerprint density at radius 1 is 1.06 bits per heavy atom. The number of thioether (sulfide) groups is 2. The number of aromatic nitrogens is 3. The zero-order valence-electron chi connectivity index (χ0n) is 24.6. The van der Waals surface area contributed by atoms with E-state index in [0.29, 0.717) is 11.3 Å². The van der Waals surface area contributed by atoms with Gasteiger partial charge in [0.2, 0.25) is 5.91 Å². The van der Waals surface area contributed by atoms with Gasteiger partial charge < -0.3 is 10.1 Å². The molecule has 9 nitrogen and oxygen atoms in total. The normalized spacial score (nSPS) is 14.5. The number of ether oxygens (including phenoxy) is 1. The van der Waals surface area contributed by atoms with E-state index in [1.165, 1.54) is 53.5 Å². The van der Waals surface area contributed by atoms with Crippen LogP contribution in [0.25, 0.3) is 17.1 Å². The lowest BCUT2D eigenvalue weighted by atomic mass is 10.2. The van der Waals surface area contributed by atoms with E-state index in [9.17, 15) is 35.9 Å². The van der Waals surface area contributed by atoms with Gasteiger partial charge in [-0.3, -0.25) is 9.69 Å². The number of rotatable bonds is 9. The summed E-state index contributed by atoms with van der Waals surface area (Å²) in [5.41, 5.74) is -3.09. The van der Waals surface area contributed by atoms with Crippen LogP contribution >= 0.6 is 23.5 Å². The molecule has 0 bridgehead atoms. The van der Waals surface area contributed by atoms with Gasteiger partial charge in [0.1, 0.15) is 17.9 Å². The molecule has 252 valence electrons. The van der Waals surface area contributed by atoms with Crippen molar-refractivity contribution in [1.29, 1.82) is 0 Å². The van der Waals surface area contributed by atoms with Crippen molar-refractivity contribution < 1.29 is 45.1 Å². The lowest BCUT2D eigenvalue weighted by Crippen LogP contribution is -2.31. The Hall–Kier alpha value is -4.58. The van der Waals surface area contributed by atoms with Crippen molar-refractivity contribution in [3.8, 4) is 22.8 Å². The van der Waals surface area contributed by atoms with Crippen LogP contribution < -0.4 is 15.0 Å². The number of hydrogen-bond acceptors (Lipinski definition) is 7. The molecule has 0 aliphatic carbocycles. The number of urea groups is 1. The van der Waals surface area contributed by atoms with E-state index in [2.05, 4.69) is 20.4 Å². The average Bonchev–Trinajstić information content (AvgIpc) is 3.63. The highest BCUT2D eigenvalue weighted by Gasteiger charge is 2.33. The molecular weight excluding hydrogens is 689 g/mol. The van der Waals surface area contributed by atoms with Crippen LogP contribution in [0.5, 0.6) is 5.75 Å². The third kappa shape index (κ3) is 9.06. The minimum Gasteiger partial charge on any atom is -0.491 e. The molecule has 1 saturated heterocycles. The van der Waals surface area contributed by atoms with E-state index in [-0.39, 0.29) is 69.1 Å². The van der Waals surface area contributed by atoms with Crippen LogP contribution in [-0.4, -0.2) is 55.9 Å². The highest BCUT2D eigenvalue weighted by Crippen LogP contribution is 2.37. The van der Waals surface area contributed by atoms with Crippen molar-refractivity contribution >= 4 is 52.0 Å². The van der Waals surface area contributed by atoms with Gasteiger partial charge in [-0.15, -0.1) is 5.10 Å². The molecule has 18 heteroatoms. The largest absolute Gasteiger partial charge is 0.491 e. The van der Waals surface area contributed by atoms with Crippen LogP contribution in [0, 0.1) is 12.7 Å². The van der Waals surface area contributed by atoms with Crippen LogP contribution in [0.1, 0.15) is 18.4 Å². The second-order valence-corrected chi connectivity index (χ2v) is 12.2. The smallest absolute Gasteiger partial charge is 0.446 e. The van der Waals surface area contributed by atoms with Gasteiger partial charge in [-0.1, -0.05) is 17.8 Å². The molecular formula is C30H23F7N6O3S2. The number of anilines is 2. The number of benzene rings is 3. The number of nitrogens with zero attached hydrogens (tertiary/aromatic N) is 5. The van der Waals surface area contributed by atoms with Crippen molar-refractivity contribution in [2.45, 2.75) is 36.3 Å². The number of halogens is 7. The third-order valence-electron chi connectivity index (χ3n) is 6.48. The number of carbonyl (C=O) groups excluding carboxylic acids is 2. The second-order valence-electron chi connectivity index (χ2n) is 10.1. The van der Waals surface area contributed by atoms with Crippen molar-refractivity contribution in [3.63, 3.8) is 0 Å². The molecule has 0 unspecified atom stereocenters. The van der Waals surface area contributed by atoms with Gasteiger partial charge in [-0.05, 0) is 85.3 Å². The predicted octanol–water partition coefficient (Wildman–Crippen LogP) is 8.38. The molecule has 1 aliphatic heterocycles. The summed E-state index contributed by atoms with van der Waals surface area (Å²) in [6, 6.07) is 12.9. The number of nitrogens with one attached hydrogen (secondary N) is 1. The molecule has 4 aromatic rings. The first-order valence-electron chi connectivity index (χ1n) is 13.9. The number of carbonyl (C=O) groups is 2. The first-order chi connectivity index (χ1) is 22.6. The minimum atomic E-state index is -4.42. The molecule has 48 heavy (non-hydrogen) atoms. The van der Waals surface area contributed by atoms with Gasteiger partial charge >= 0.3 is 17.7 Å². The highest BCUT2D eigenvalue weighted by molar-refractivity contribution is 8.15. The third-order valence-corrected chi connectivity index (χ3v) is 8.14. The molecule has 2 heterocycles. The summed E-state index contributed by atoms with van der Waals surface area (Å²) in [7, 11) is 0. The fourth-order valence-corrected chi connectivity index (χ4v) is 5.76. The predicted molar refractivity (Wildman–Crippen MR) is 167 cm³/mol. The number of amides is 3. The first kappa shape index (κ1) is 34.7. The van der Waals surface area contributed by atoms with E-state index in [1.807, 2.05) is 0 Å². The van der Waals surface area contributed by atoms with E-state index < -0.39 is 35.9 Å². The van der Waals surface area contributed by atoms with E-state index in [0.717, 1.165) is 22.7 Å². The Bertz CT molecular complexity index is 1850. The number of aliphatic imine (C=N–C) groups is 1. The Morgan fingerprint density at radius 2 is 1.81 bits per heavy atom. The Morgan fingerprint density at radius 3 is 2.50 bits per heavy atom. The van der Waals surface area contributed by atoms with Crippen molar-refractivity contribution in [2.24, 2.45) is 4.99 Å². The second kappa shape index (κ2) is 14.3. The quantitative estimate of drug-likeness (QED) is 0.106. The summed E-state index contributed by atoms with van der Waals surface area (Å²) >= 11 is 0.692. The maximum atomic E-state index is 15.1. The molecule has 3 aromatic carbocycles. The van der Waals surface area contributed by atoms with Crippen LogP contribution in [0.4, 0.5) is 46.9 Å². The summed E-state index contributed by atoms with van der Waals surface area (Å²) in [6.07, 6.45) is -4.37.